The van der Waals surface area contributed by atoms with Gasteiger partial charge in [-0.15, -0.1) is 0 Å². The largest absolute Gasteiger partial charge is 0.325 e. The van der Waals surface area contributed by atoms with E-state index >= 15 is 0 Å². The number of unbranched alkanes of at least 4 members (excludes halogenated alkanes) is 1. The van der Waals surface area contributed by atoms with Gasteiger partial charge in [0.1, 0.15) is 0 Å². The van der Waals surface area contributed by atoms with E-state index in [1.807, 2.05) is 42.2 Å². The van der Waals surface area contributed by atoms with Crippen molar-refractivity contribution in [3.8, 4) is 10.4 Å². The number of nitrogens with one attached hydrogen (secondary N) is 1. The topological polar surface area (TPSA) is 45.2 Å². The smallest absolute Gasteiger partial charge is 0.323 e. The van der Waals surface area contributed by atoms with Crippen LogP contribution in [-0.4, -0.2) is 29.0 Å². The van der Waals surface area contributed by atoms with Crippen molar-refractivity contribution in [1.82, 2.24) is 9.88 Å². The monoisotopic (exact) mass is 303 g/mol. The van der Waals surface area contributed by atoms with Crippen LogP contribution in [0, 0.1) is 0 Å². The molecule has 0 aliphatic heterocycles. The van der Waals surface area contributed by atoms with E-state index in [-0.39, 0.29) is 6.03 Å². The number of rotatable bonds is 6. The van der Waals surface area contributed by atoms with Crippen LogP contribution in [0.3, 0.4) is 0 Å². The van der Waals surface area contributed by atoms with E-state index in [1.165, 1.54) is 11.3 Å². The van der Waals surface area contributed by atoms with Gasteiger partial charge in [-0.3, -0.25) is 5.32 Å². The maximum absolute atomic E-state index is 12.2. The van der Waals surface area contributed by atoms with Gasteiger partial charge in [-0.05, 0) is 18.9 Å². The van der Waals surface area contributed by atoms with E-state index < -0.39 is 0 Å². The molecule has 0 bridgehead atoms. The van der Waals surface area contributed by atoms with Gasteiger partial charge in [-0.1, -0.05) is 55.0 Å². The fraction of sp³-hybridized carbons (Fsp3) is 0.375. The Hall–Kier alpha value is -1.88. The quantitative estimate of drug-likeness (QED) is 0.856. The third-order valence-electron chi connectivity index (χ3n) is 3.23. The molecule has 0 radical (unpaired) electrons. The number of carbonyl (C=O) groups is 1. The fourth-order valence-corrected chi connectivity index (χ4v) is 2.80. The molecule has 1 aromatic heterocycles. The maximum Gasteiger partial charge on any atom is 0.323 e. The minimum atomic E-state index is -0.0695. The van der Waals surface area contributed by atoms with Gasteiger partial charge in [-0.25, -0.2) is 9.78 Å². The molecule has 2 rings (SSSR count). The molecule has 0 aliphatic carbocycles. The third-order valence-corrected chi connectivity index (χ3v) is 4.19. The molecule has 1 heterocycles. The Labute approximate surface area is 129 Å². The Morgan fingerprint density at radius 1 is 1.29 bits per heavy atom. The summed E-state index contributed by atoms with van der Waals surface area (Å²) in [6, 6.07) is 9.99. The lowest BCUT2D eigenvalue weighted by Crippen LogP contribution is -2.35. The molecule has 0 spiro atoms. The second-order valence-electron chi connectivity index (χ2n) is 4.76. The first kappa shape index (κ1) is 15.5. The highest BCUT2D eigenvalue weighted by Crippen LogP contribution is 2.28. The van der Waals surface area contributed by atoms with Crippen LogP contribution in [0.4, 0.5) is 9.93 Å². The van der Waals surface area contributed by atoms with E-state index in [0.717, 1.165) is 29.8 Å². The SMILES string of the molecule is CCCCN(CC)C(=O)Nc1ncc(-c2ccccc2)s1. The van der Waals surface area contributed by atoms with Crippen molar-refractivity contribution >= 4 is 22.5 Å². The number of aromatic nitrogens is 1. The zero-order valence-corrected chi connectivity index (χ0v) is 13.3. The van der Waals surface area contributed by atoms with Crippen molar-refractivity contribution < 1.29 is 4.79 Å². The van der Waals surface area contributed by atoms with E-state index in [9.17, 15) is 4.79 Å². The number of amides is 2. The average Bonchev–Trinajstić information content (AvgIpc) is 2.97. The highest BCUT2D eigenvalue weighted by atomic mass is 32.1. The standard InChI is InChI=1S/C16H21N3OS/c1-3-5-11-19(4-2)16(20)18-15-17-12-14(21-15)13-9-7-6-8-10-13/h6-10,12H,3-5,11H2,1-2H3,(H,17,18,20). The molecule has 4 nitrogen and oxygen atoms in total. The lowest BCUT2D eigenvalue weighted by atomic mass is 10.2. The van der Waals surface area contributed by atoms with Crippen molar-refractivity contribution in [3.05, 3.63) is 36.5 Å². The first-order chi connectivity index (χ1) is 10.2. The number of benzene rings is 1. The van der Waals surface area contributed by atoms with Gasteiger partial charge in [-0.2, -0.15) is 0 Å². The number of thiazole rings is 1. The molecule has 1 aromatic carbocycles. The van der Waals surface area contributed by atoms with Crippen LogP contribution in [0.2, 0.25) is 0 Å². The summed E-state index contributed by atoms with van der Waals surface area (Å²) in [4.78, 5) is 19.3. The van der Waals surface area contributed by atoms with Crippen molar-refractivity contribution in [1.29, 1.82) is 0 Å². The molecular weight excluding hydrogens is 282 g/mol. The molecule has 0 fully saturated rings. The van der Waals surface area contributed by atoms with Crippen LogP contribution in [-0.2, 0) is 0 Å². The van der Waals surface area contributed by atoms with E-state index in [2.05, 4.69) is 17.2 Å². The molecule has 0 atom stereocenters. The van der Waals surface area contributed by atoms with Crippen LogP contribution in [0.15, 0.2) is 36.5 Å². The maximum atomic E-state index is 12.2. The highest BCUT2D eigenvalue weighted by Gasteiger charge is 2.13. The van der Waals surface area contributed by atoms with Gasteiger partial charge in [0.2, 0.25) is 0 Å². The lowest BCUT2D eigenvalue weighted by Gasteiger charge is -2.20. The number of nitrogens with zero attached hydrogens (tertiary/aromatic N) is 2. The first-order valence-corrected chi connectivity index (χ1v) is 8.13. The predicted octanol–water partition coefficient (Wildman–Crippen LogP) is 4.46. The van der Waals surface area contributed by atoms with Gasteiger partial charge in [0, 0.05) is 19.3 Å². The summed E-state index contributed by atoms with van der Waals surface area (Å²) in [5, 5.41) is 3.53. The predicted molar refractivity (Wildman–Crippen MR) is 88.7 cm³/mol. The molecule has 1 N–H and O–H groups in total. The Balaban J connectivity index is 2.00. The molecule has 0 aliphatic rings. The van der Waals surface area contributed by atoms with Gasteiger partial charge in [0.25, 0.3) is 0 Å². The number of hydrogen-bond donors (Lipinski definition) is 1. The lowest BCUT2D eigenvalue weighted by molar-refractivity contribution is 0.213. The van der Waals surface area contributed by atoms with Crippen LogP contribution < -0.4 is 5.32 Å². The number of hydrogen-bond acceptors (Lipinski definition) is 3. The zero-order chi connectivity index (χ0) is 15.1. The Morgan fingerprint density at radius 3 is 2.71 bits per heavy atom. The van der Waals surface area contributed by atoms with Crippen LogP contribution in [0.5, 0.6) is 0 Å². The molecule has 21 heavy (non-hydrogen) atoms. The molecule has 2 amide bonds. The second-order valence-corrected chi connectivity index (χ2v) is 5.79. The Morgan fingerprint density at radius 2 is 2.05 bits per heavy atom. The van der Waals surface area contributed by atoms with Crippen LogP contribution in [0.25, 0.3) is 10.4 Å². The fourth-order valence-electron chi connectivity index (χ4n) is 1.99. The normalized spacial score (nSPS) is 10.4. The third kappa shape index (κ3) is 4.29. The van der Waals surface area contributed by atoms with E-state index in [0.29, 0.717) is 11.7 Å². The van der Waals surface area contributed by atoms with Crippen molar-refractivity contribution in [2.45, 2.75) is 26.7 Å². The summed E-state index contributed by atoms with van der Waals surface area (Å²) < 4.78 is 0. The van der Waals surface area contributed by atoms with Crippen molar-refractivity contribution in [2.24, 2.45) is 0 Å². The molecular formula is C16H21N3OS. The number of urea groups is 1. The van der Waals surface area contributed by atoms with Crippen molar-refractivity contribution in [2.75, 3.05) is 18.4 Å². The van der Waals surface area contributed by atoms with E-state index in [4.69, 9.17) is 0 Å². The average molecular weight is 303 g/mol. The minimum Gasteiger partial charge on any atom is -0.325 e. The summed E-state index contributed by atoms with van der Waals surface area (Å²) >= 11 is 1.50. The Kier molecular flexibility index (Phi) is 5.75. The molecule has 0 saturated heterocycles. The molecule has 5 heteroatoms. The minimum absolute atomic E-state index is 0.0695. The molecule has 112 valence electrons. The van der Waals surface area contributed by atoms with Crippen LogP contribution in [0.1, 0.15) is 26.7 Å². The first-order valence-electron chi connectivity index (χ1n) is 7.31. The molecule has 0 unspecified atom stereocenters. The van der Waals surface area contributed by atoms with Gasteiger partial charge in [0.05, 0.1) is 4.88 Å². The van der Waals surface area contributed by atoms with Gasteiger partial charge in [0.15, 0.2) is 5.13 Å². The second kappa shape index (κ2) is 7.78. The van der Waals surface area contributed by atoms with Gasteiger partial charge < -0.3 is 4.90 Å². The van der Waals surface area contributed by atoms with E-state index in [1.54, 1.807) is 6.20 Å². The Bertz CT molecular complexity index is 568. The summed E-state index contributed by atoms with van der Waals surface area (Å²) in [5.41, 5.74) is 1.12. The van der Waals surface area contributed by atoms with Gasteiger partial charge >= 0.3 is 6.03 Å². The summed E-state index contributed by atoms with van der Waals surface area (Å²) in [6.07, 6.45) is 3.91. The zero-order valence-electron chi connectivity index (χ0n) is 12.5. The summed E-state index contributed by atoms with van der Waals surface area (Å²) in [7, 11) is 0. The van der Waals surface area contributed by atoms with Crippen molar-refractivity contribution in [3.63, 3.8) is 0 Å². The molecule has 2 aromatic rings. The summed E-state index contributed by atoms with van der Waals surface area (Å²) in [6.45, 7) is 5.61. The molecule has 0 saturated carbocycles. The summed E-state index contributed by atoms with van der Waals surface area (Å²) in [5.74, 6) is 0. The highest BCUT2D eigenvalue weighted by molar-refractivity contribution is 7.19. The number of carbonyl (C=O) groups excluding carboxylic acids is 1. The number of anilines is 1. The van der Waals surface area contributed by atoms with Crippen LogP contribution >= 0.6 is 11.3 Å².